The molecule has 132 valence electrons. The molecule has 0 bridgehead atoms. The predicted octanol–water partition coefficient (Wildman–Crippen LogP) is 2.27. The van der Waals surface area contributed by atoms with Gasteiger partial charge in [-0.25, -0.2) is 4.98 Å². The summed E-state index contributed by atoms with van der Waals surface area (Å²) in [6.07, 6.45) is -2.93. The molecule has 0 aliphatic carbocycles. The second-order valence-corrected chi connectivity index (χ2v) is 6.41. The Bertz CT molecular complexity index is 593. The lowest BCUT2D eigenvalue weighted by Gasteiger charge is -2.21. The fourth-order valence-electron chi connectivity index (χ4n) is 2.34. The van der Waals surface area contributed by atoms with E-state index in [1.807, 2.05) is 0 Å². The third-order valence-corrected chi connectivity index (χ3v) is 4.63. The highest BCUT2D eigenvalue weighted by Gasteiger charge is 2.30. The van der Waals surface area contributed by atoms with Crippen molar-refractivity contribution >= 4 is 23.6 Å². The van der Waals surface area contributed by atoms with Crippen LogP contribution in [0.1, 0.15) is 18.9 Å². The van der Waals surface area contributed by atoms with Crippen molar-refractivity contribution in [2.45, 2.75) is 24.5 Å². The van der Waals surface area contributed by atoms with E-state index in [0.29, 0.717) is 37.6 Å². The molecule has 2 amide bonds. The van der Waals surface area contributed by atoms with Crippen molar-refractivity contribution < 1.29 is 22.8 Å². The fraction of sp³-hybridized carbons (Fsp3) is 0.533. The smallest absolute Gasteiger partial charge is 0.341 e. The van der Waals surface area contributed by atoms with Crippen LogP contribution < -0.4 is 0 Å². The number of aromatic nitrogens is 1. The number of amides is 2. The van der Waals surface area contributed by atoms with Gasteiger partial charge in [-0.15, -0.1) is 0 Å². The van der Waals surface area contributed by atoms with Crippen LogP contribution in [0.25, 0.3) is 0 Å². The molecule has 1 aromatic rings. The van der Waals surface area contributed by atoms with Gasteiger partial charge < -0.3 is 9.80 Å². The summed E-state index contributed by atoms with van der Waals surface area (Å²) in [5.74, 6) is -0.00180. The third kappa shape index (κ3) is 5.12. The van der Waals surface area contributed by atoms with E-state index in [1.165, 1.54) is 13.0 Å². The molecule has 1 aromatic heterocycles. The number of rotatable bonds is 3. The maximum Gasteiger partial charge on any atom is 0.417 e. The number of carbonyl (C=O) groups is 2. The lowest BCUT2D eigenvalue weighted by molar-refractivity contribution is -0.138. The quantitative estimate of drug-likeness (QED) is 0.775. The molecule has 0 atom stereocenters. The molecule has 5 nitrogen and oxygen atoms in total. The summed E-state index contributed by atoms with van der Waals surface area (Å²) in [6.45, 7) is 3.68. The number of alkyl halides is 3. The minimum absolute atomic E-state index is 0.00683. The molecule has 1 aliphatic rings. The van der Waals surface area contributed by atoms with E-state index < -0.39 is 11.7 Å². The molecule has 0 spiro atoms. The molecule has 9 heteroatoms. The maximum atomic E-state index is 12.5. The van der Waals surface area contributed by atoms with Crippen LogP contribution in [0.2, 0.25) is 0 Å². The molecule has 0 unspecified atom stereocenters. The van der Waals surface area contributed by atoms with Crippen LogP contribution in [0.15, 0.2) is 23.4 Å². The summed E-state index contributed by atoms with van der Waals surface area (Å²) in [7, 11) is 0. The normalized spacial score (nSPS) is 16.0. The molecule has 2 rings (SSSR count). The Balaban J connectivity index is 1.85. The number of hydrogen-bond acceptors (Lipinski definition) is 4. The van der Waals surface area contributed by atoms with Gasteiger partial charge in [-0.1, -0.05) is 11.8 Å². The van der Waals surface area contributed by atoms with Crippen molar-refractivity contribution in [1.82, 2.24) is 14.8 Å². The number of hydrogen-bond donors (Lipinski definition) is 0. The Morgan fingerprint density at radius 3 is 2.42 bits per heavy atom. The largest absolute Gasteiger partial charge is 0.417 e. The summed E-state index contributed by atoms with van der Waals surface area (Å²) in [5, 5.41) is 0.372. The molecule has 1 aliphatic heterocycles. The van der Waals surface area contributed by atoms with Gasteiger partial charge in [0.2, 0.25) is 11.8 Å². The Hall–Kier alpha value is -1.77. The number of thioether (sulfide) groups is 1. The molecule has 1 fully saturated rings. The second-order valence-electron chi connectivity index (χ2n) is 5.41. The predicted molar refractivity (Wildman–Crippen MR) is 83.4 cm³/mol. The van der Waals surface area contributed by atoms with Crippen LogP contribution in [0.4, 0.5) is 13.2 Å². The minimum Gasteiger partial charge on any atom is -0.341 e. The van der Waals surface area contributed by atoms with Gasteiger partial charge in [-0.2, -0.15) is 13.2 Å². The highest BCUT2D eigenvalue weighted by atomic mass is 32.2. The van der Waals surface area contributed by atoms with Crippen molar-refractivity contribution in [3.63, 3.8) is 0 Å². The van der Waals surface area contributed by atoms with Crippen LogP contribution in [0.5, 0.6) is 0 Å². The molecule has 2 heterocycles. The van der Waals surface area contributed by atoms with Gasteiger partial charge in [0.1, 0.15) is 0 Å². The lowest BCUT2D eigenvalue weighted by atomic mass is 10.3. The van der Waals surface area contributed by atoms with E-state index in [1.54, 1.807) is 9.80 Å². The first-order valence-electron chi connectivity index (χ1n) is 7.46. The third-order valence-electron chi connectivity index (χ3n) is 3.70. The van der Waals surface area contributed by atoms with E-state index in [-0.39, 0.29) is 17.6 Å². The van der Waals surface area contributed by atoms with E-state index in [9.17, 15) is 22.8 Å². The van der Waals surface area contributed by atoms with E-state index in [2.05, 4.69) is 4.98 Å². The molecule has 1 saturated heterocycles. The van der Waals surface area contributed by atoms with E-state index in [4.69, 9.17) is 0 Å². The summed E-state index contributed by atoms with van der Waals surface area (Å²) < 4.78 is 37.4. The van der Waals surface area contributed by atoms with Crippen molar-refractivity contribution in [3.8, 4) is 0 Å². The molecular formula is C15H18F3N3O2S. The standard InChI is InChI=1S/C15H18F3N3O2S/c1-11(22)20-5-2-6-21(8-7-20)14(23)10-24-13-4-3-12(9-19-13)15(16,17)18/h3-4,9H,2,5-8,10H2,1H3. The average Bonchev–Trinajstić information content (AvgIpc) is 2.78. The first kappa shape index (κ1) is 18.6. The van der Waals surface area contributed by atoms with Crippen LogP contribution >= 0.6 is 11.8 Å². The number of pyridine rings is 1. The fourth-order valence-corrected chi connectivity index (χ4v) is 3.09. The van der Waals surface area contributed by atoms with E-state index in [0.717, 1.165) is 24.0 Å². The second kappa shape index (κ2) is 7.87. The first-order chi connectivity index (χ1) is 11.3. The zero-order valence-electron chi connectivity index (χ0n) is 13.2. The zero-order chi connectivity index (χ0) is 17.7. The molecule has 0 N–H and O–H groups in total. The van der Waals surface area contributed by atoms with Crippen LogP contribution in [-0.2, 0) is 15.8 Å². The van der Waals surface area contributed by atoms with Gasteiger partial charge in [0.05, 0.1) is 16.3 Å². The minimum atomic E-state index is -4.42. The molecule has 24 heavy (non-hydrogen) atoms. The van der Waals surface area contributed by atoms with E-state index >= 15 is 0 Å². The Morgan fingerprint density at radius 1 is 1.17 bits per heavy atom. The van der Waals surface area contributed by atoms with Gasteiger partial charge >= 0.3 is 6.18 Å². The van der Waals surface area contributed by atoms with Crippen molar-refractivity contribution in [1.29, 1.82) is 0 Å². The molecular weight excluding hydrogens is 343 g/mol. The SMILES string of the molecule is CC(=O)N1CCCN(C(=O)CSc2ccc(C(F)(F)F)cn2)CC1. The highest BCUT2D eigenvalue weighted by Crippen LogP contribution is 2.29. The number of carbonyl (C=O) groups excluding carboxylic acids is 2. The van der Waals surface area contributed by atoms with Crippen molar-refractivity contribution in [2.75, 3.05) is 31.9 Å². The van der Waals surface area contributed by atoms with Gasteiger partial charge in [0, 0.05) is 39.3 Å². The average molecular weight is 361 g/mol. The van der Waals surface area contributed by atoms with Crippen LogP contribution in [0, 0.1) is 0 Å². The Kier molecular flexibility index (Phi) is 6.09. The van der Waals surface area contributed by atoms with Gasteiger partial charge in [-0.05, 0) is 18.6 Å². The topological polar surface area (TPSA) is 53.5 Å². The monoisotopic (exact) mass is 361 g/mol. The summed E-state index contributed by atoms with van der Waals surface area (Å²) >= 11 is 1.11. The van der Waals surface area contributed by atoms with Crippen LogP contribution in [-0.4, -0.2) is 58.5 Å². The van der Waals surface area contributed by atoms with Gasteiger partial charge in [0.15, 0.2) is 0 Å². The van der Waals surface area contributed by atoms with Crippen molar-refractivity contribution in [2.24, 2.45) is 0 Å². The molecule has 0 aromatic carbocycles. The van der Waals surface area contributed by atoms with Crippen LogP contribution in [0.3, 0.4) is 0 Å². The van der Waals surface area contributed by atoms with Crippen molar-refractivity contribution in [3.05, 3.63) is 23.9 Å². The number of halogens is 3. The molecule has 0 saturated carbocycles. The highest BCUT2D eigenvalue weighted by molar-refractivity contribution is 7.99. The maximum absolute atomic E-state index is 12.5. The Morgan fingerprint density at radius 2 is 1.83 bits per heavy atom. The Labute approximate surface area is 142 Å². The summed E-state index contributed by atoms with van der Waals surface area (Å²) in [5.41, 5.74) is -0.810. The van der Waals surface area contributed by atoms with Gasteiger partial charge in [-0.3, -0.25) is 9.59 Å². The first-order valence-corrected chi connectivity index (χ1v) is 8.45. The summed E-state index contributed by atoms with van der Waals surface area (Å²) in [6, 6.07) is 2.22. The zero-order valence-corrected chi connectivity index (χ0v) is 14.0. The van der Waals surface area contributed by atoms with Gasteiger partial charge in [0.25, 0.3) is 0 Å². The lowest BCUT2D eigenvalue weighted by Crippen LogP contribution is -2.37. The number of nitrogens with zero attached hydrogens (tertiary/aromatic N) is 3. The molecule has 0 radical (unpaired) electrons. The summed E-state index contributed by atoms with van der Waals surface area (Å²) in [4.78, 5) is 30.7.